The minimum absolute atomic E-state index is 0.0836. The van der Waals surface area contributed by atoms with Crippen LogP contribution in [0, 0.1) is 10.1 Å². The maximum Gasteiger partial charge on any atom is 0.294 e. The molecule has 0 spiro atoms. The van der Waals surface area contributed by atoms with Crippen molar-refractivity contribution in [3.63, 3.8) is 0 Å². The summed E-state index contributed by atoms with van der Waals surface area (Å²) in [5.41, 5.74) is 10.5. The van der Waals surface area contributed by atoms with Crippen molar-refractivity contribution in [1.82, 2.24) is 4.98 Å². The lowest BCUT2D eigenvalue weighted by Gasteiger charge is -2.24. The Morgan fingerprint density at radius 1 is 1.61 bits per heavy atom. The Bertz CT molecular complexity index is 497. The number of thiol groups is 1. The van der Waals surface area contributed by atoms with Crippen molar-refractivity contribution in [2.75, 3.05) is 0 Å². The second-order valence-electron chi connectivity index (χ2n) is 3.25. The van der Waals surface area contributed by atoms with Gasteiger partial charge in [0.1, 0.15) is 15.8 Å². The van der Waals surface area contributed by atoms with Gasteiger partial charge in [-0.05, 0) is 12.1 Å². The summed E-state index contributed by atoms with van der Waals surface area (Å²) in [4.78, 5) is 22.3. The van der Waals surface area contributed by atoms with Crippen LogP contribution in [0.5, 0.6) is 0 Å². The van der Waals surface area contributed by atoms with E-state index in [0.29, 0.717) is 0 Å². The molecule has 0 aliphatic rings. The fourth-order valence-electron chi connectivity index (χ4n) is 1.10. The minimum atomic E-state index is -2.44. The number of nitrogens with zero attached hydrogens (tertiary/aromatic N) is 2. The highest BCUT2D eigenvalue weighted by molar-refractivity contribution is 7.89. The zero-order valence-corrected chi connectivity index (χ0v) is 10.6. The second-order valence-corrected chi connectivity index (χ2v) is 5.37. The zero-order chi connectivity index (χ0) is 13.9. The summed E-state index contributed by atoms with van der Waals surface area (Å²) in [6, 6.07) is 4.37. The minimum Gasteiger partial charge on any atom is -0.367 e. The third-order valence-electron chi connectivity index (χ3n) is 2.10. The third-order valence-corrected chi connectivity index (χ3v) is 4.53. The molecule has 4 N–H and O–H groups in total. The van der Waals surface area contributed by atoms with Crippen LogP contribution in [-0.4, -0.2) is 30.3 Å². The number of carbonyl (C=O) groups excluding carboxylic acids is 1. The molecule has 1 rings (SSSR count). The molecule has 0 aliphatic carbocycles. The van der Waals surface area contributed by atoms with Crippen LogP contribution in [0.1, 0.15) is 0 Å². The first-order valence-corrected chi connectivity index (χ1v) is 6.21. The second kappa shape index (κ2) is 5.42. The molecule has 2 unspecified atom stereocenters. The predicted octanol–water partition coefficient (Wildman–Crippen LogP) is -1.14. The first-order chi connectivity index (χ1) is 8.31. The van der Waals surface area contributed by atoms with Gasteiger partial charge in [-0.15, -0.1) is 0 Å². The van der Waals surface area contributed by atoms with E-state index >= 15 is 0 Å². The van der Waals surface area contributed by atoms with Gasteiger partial charge in [0.05, 0.1) is 0 Å². The summed E-state index contributed by atoms with van der Waals surface area (Å²) in [7, 11) is -2.29. The number of rotatable bonds is 5. The van der Waals surface area contributed by atoms with E-state index in [1.165, 1.54) is 18.3 Å². The first kappa shape index (κ1) is 14.5. The number of primary amides is 1. The number of carbonyl (C=O) groups is 1. The van der Waals surface area contributed by atoms with Crippen LogP contribution in [0.15, 0.2) is 29.4 Å². The van der Waals surface area contributed by atoms with Gasteiger partial charge in [-0.2, -0.15) is 0 Å². The summed E-state index contributed by atoms with van der Waals surface area (Å²) in [5.74, 6) is -1.29. The van der Waals surface area contributed by atoms with E-state index in [9.17, 15) is 19.1 Å². The SMILES string of the molecule is NC(=O)[C@@](N)(C(S)[N+](=O)[O-])S(=O)c1ccccn1. The molecule has 18 heavy (non-hydrogen) atoms. The maximum absolute atomic E-state index is 12.1. The first-order valence-electron chi connectivity index (χ1n) is 4.55. The Labute approximate surface area is 110 Å². The van der Waals surface area contributed by atoms with Gasteiger partial charge in [-0.25, -0.2) is 9.19 Å². The maximum atomic E-state index is 12.1. The third kappa shape index (κ3) is 2.49. The summed E-state index contributed by atoms with van der Waals surface area (Å²) in [5, 5.41) is 8.68. The summed E-state index contributed by atoms with van der Waals surface area (Å²) in [6.45, 7) is 0. The molecule has 8 nitrogen and oxygen atoms in total. The summed E-state index contributed by atoms with van der Waals surface area (Å²) >= 11 is 3.59. The van der Waals surface area contributed by atoms with Crippen LogP contribution in [0.2, 0.25) is 0 Å². The zero-order valence-electron chi connectivity index (χ0n) is 8.92. The van der Waals surface area contributed by atoms with Crippen molar-refractivity contribution >= 4 is 29.3 Å². The van der Waals surface area contributed by atoms with Crippen molar-refractivity contribution in [3.8, 4) is 0 Å². The van der Waals surface area contributed by atoms with E-state index in [1.807, 2.05) is 0 Å². The van der Waals surface area contributed by atoms with Gasteiger partial charge in [0.15, 0.2) is 0 Å². The van der Waals surface area contributed by atoms with E-state index in [4.69, 9.17) is 11.5 Å². The molecule has 0 saturated carbocycles. The van der Waals surface area contributed by atoms with Crippen molar-refractivity contribution in [3.05, 3.63) is 34.5 Å². The molecule has 1 amide bonds. The smallest absolute Gasteiger partial charge is 0.294 e. The molecule has 1 aromatic heterocycles. The molecule has 1 heterocycles. The van der Waals surface area contributed by atoms with E-state index in [0.717, 1.165) is 0 Å². The van der Waals surface area contributed by atoms with E-state index in [1.54, 1.807) is 6.07 Å². The molecular formula is C8H10N4O4S2. The highest BCUT2D eigenvalue weighted by Gasteiger charge is 2.53. The van der Waals surface area contributed by atoms with Crippen LogP contribution in [0.25, 0.3) is 0 Å². The molecule has 3 atom stereocenters. The molecule has 98 valence electrons. The number of amides is 1. The van der Waals surface area contributed by atoms with E-state index in [-0.39, 0.29) is 5.03 Å². The highest BCUT2D eigenvalue weighted by atomic mass is 32.2. The quantitative estimate of drug-likeness (QED) is 0.271. The lowest BCUT2D eigenvalue weighted by Crippen LogP contribution is -2.63. The van der Waals surface area contributed by atoms with E-state index in [2.05, 4.69) is 17.6 Å². The molecule has 0 aromatic carbocycles. The number of hydrogen-bond acceptors (Lipinski definition) is 7. The predicted molar refractivity (Wildman–Crippen MR) is 66.5 cm³/mol. The Kier molecular flexibility index (Phi) is 4.38. The topological polar surface area (TPSA) is 142 Å². The molecule has 10 heteroatoms. The van der Waals surface area contributed by atoms with Crippen molar-refractivity contribution < 1.29 is 13.9 Å². The fraction of sp³-hybridized carbons (Fsp3) is 0.250. The summed E-state index contributed by atoms with van der Waals surface area (Å²) < 4.78 is 12.1. The lowest BCUT2D eigenvalue weighted by molar-refractivity contribution is -0.497. The van der Waals surface area contributed by atoms with Crippen LogP contribution in [0.3, 0.4) is 0 Å². The van der Waals surface area contributed by atoms with Crippen LogP contribution in [-0.2, 0) is 15.6 Å². The Balaban J connectivity index is 3.26. The van der Waals surface area contributed by atoms with Crippen LogP contribution < -0.4 is 11.5 Å². The van der Waals surface area contributed by atoms with E-state index < -0.39 is 31.9 Å². The summed E-state index contributed by atoms with van der Waals surface area (Å²) in [6.07, 6.45) is 1.31. The van der Waals surface area contributed by atoms with Gasteiger partial charge in [0.25, 0.3) is 16.2 Å². The highest BCUT2D eigenvalue weighted by Crippen LogP contribution is 2.22. The van der Waals surface area contributed by atoms with Gasteiger partial charge >= 0.3 is 0 Å². The molecule has 0 bridgehead atoms. The average molecular weight is 290 g/mol. The average Bonchev–Trinajstić information content (AvgIpc) is 2.36. The lowest BCUT2D eigenvalue weighted by atomic mass is 10.3. The number of aromatic nitrogens is 1. The molecule has 0 fully saturated rings. The largest absolute Gasteiger partial charge is 0.367 e. The van der Waals surface area contributed by atoms with Crippen molar-refractivity contribution in [2.45, 2.75) is 15.3 Å². The van der Waals surface area contributed by atoms with Crippen molar-refractivity contribution in [2.24, 2.45) is 11.5 Å². The molecular weight excluding hydrogens is 280 g/mol. The normalized spacial score (nSPS) is 17.4. The number of nitro groups is 1. The van der Waals surface area contributed by atoms with Crippen LogP contribution >= 0.6 is 12.6 Å². The van der Waals surface area contributed by atoms with Crippen molar-refractivity contribution in [1.29, 1.82) is 0 Å². The Morgan fingerprint density at radius 3 is 2.61 bits per heavy atom. The van der Waals surface area contributed by atoms with Crippen LogP contribution in [0.4, 0.5) is 0 Å². The number of pyridine rings is 1. The van der Waals surface area contributed by atoms with Gasteiger partial charge in [0.2, 0.25) is 0 Å². The Morgan fingerprint density at radius 2 is 2.22 bits per heavy atom. The monoisotopic (exact) mass is 290 g/mol. The van der Waals surface area contributed by atoms with Gasteiger partial charge in [-0.3, -0.25) is 20.6 Å². The van der Waals surface area contributed by atoms with Gasteiger partial charge < -0.3 is 5.73 Å². The molecule has 0 saturated heterocycles. The number of hydrogen-bond donors (Lipinski definition) is 3. The fourth-order valence-corrected chi connectivity index (χ4v) is 2.68. The standard InChI is InChI=1S/C8H10N4O4S2/c9-6(13)8(10,7(17)12(14)15)18(16)5-3-1-2-4-11-5/h1-4,7,17H,10H2,(H2,9,13)/t7?,8-,18?/m0/s1. The van der Waals surface area contributed by atoms with Gasteiger partial charge in [-0.1, -0.05) is 18.7 Å². The molecule has 0 aliphatic heterocycles. The molecule has 1 aromatic rings. The van der Waals surface area contributed by atoms with Gasteiger partial charge in [0, 0.05) is 11.1 Å². The number of nitrogens with two attached hydrogens (primary N) is 2. The Hall–Kier alpha value is -1.52. The molecule has 0 radical (unpaired) electrons.